The third kappa shape index (κ3) is 2.55. The van der Waals surface area contributed by atoms with Crippen LogP contribution in [-0.4, -0.2) is 40.0 Å². The number of carbonyl (C=O) groups excluding carboxylic acids is 1. The second-order valence-electron chi connectivity index (χ2n) is 4.03. The smallest absolute Gasteiger partial charge is 0.303 e. The molecule has 1 N–H and O–H groups in total. The lowest BCUT2D eigenvalue weighted by Crippen LogP contribution is -2.50. The minimum atomic E-state index is -0.832. The second kappa shape index (κ2) is 4.71. The van der Waals surface area contributed by atoms with Gasteiger partial charge in [-0.1, -0.05) is 11.6 Å². The molecule has 1 aliphatic rings. The van der Waals surface area contributed by atoms with Gasteiger partial charge in [0.05, 0.1) is 17.0 Å². The quantitative estimate of drug-likeness (QED) is 0.882. The molecule has 1 amide bonds. The molecule has 0 radical (unpaired) electrons. The maximum Gasteiger partial charge on any atom is 0.303 e. The third-order valence-electron chi connectivity index (χ3n) is 2.71. The number of aliphatic carboxylic acids is 1. The number of halogens is 1. The monoisotopic (exact) mass is 254 g/mol. The van der Waals surface area contributed by atoms with E-state index in [1.807, 2.05) is 0 Å². The number of likely N-dealkylation sites (tertiary alicyclic amines) is 1. The molecule has 1 aromatic rings. The number of amides is 1. The van der Waals surface area contributed by atoms with Crippen LogP contribution < -0.4 is 0 Å². The maximum absolute atomic E-state index is 11.9. The summed E-state index contributed by atoms with van der Waals surface area (Å²) in [5.41, 5.74) is 0.364. The van der Waals surface area contributed by atoms with Crippen LogP contribution in [0.5, 0.6) is 0 Å². The van der Waals surface area contributed by atoms with Gasteiger partial charge in [0.1, 0.15) is 0 Å². The van der Waals surface area contributed by atoms with Gasteiger partial charge in [0.25, 0.3) is 5.91 Å². The summed E-state index contributed by atoms with van der Waals surface area (Å²) in [5, 5.41) is 8.97. The van der Waals surface area contributed by atoms with Crippen molar-refractivity contribution in [3.8, 4) is 0 Å². The van der Waals surface area contributed by atoms with E-state index in [1.165, 1.54) is 12.4 Å². The van der Waals surface area contributed by atoms with Crippen LogP contribution in [0.3, 0.4) is 0 Å². The number of aromatic nitrogens is 1. The van der Waals surface area contributed by atoms with Crippen molar-refractivity contribution >= 4 is 23.5 Å². The van der Waals surface area contributed by atoms with Gasteiger partial charge in [0, 0.05) is 31.4 Å². The average molecular weight is 255 g/mol. The lowest BCUT2D eigenvalue weighted by atomic mass is 9.95. The number of hydrogen-bond donors (Lipinski definition) is 1. The Morgan fingerprint density at radius 2 is 2.24 bits per heavy atom. The molecule has 0 saturated carbocycles. The number of carboxylic acid groups (broad SMARTS) is 1. The molecule has 90 valence electrons. The van der Waals surface area contributed by atoms with Crippen molar-refractivity contribution in [1.82, 2.24) is 9.88 Å². The second-order valence-corrected chi connectivity index (χ2v) is 4.44. The fraction of sp³-hybridized carbons (Fsp3) is 0.364. The van der Waals surface area contributed by atoms with Crippen LogP contribution >= 0.6 is 11.6 Å². The fourth-order valence-electron chi connectivity index (χ4n) is 1.82. The van der Waals surface area contributed by atoms with Crippen LogP contribution in [0.15, 0.2) is 18.5 Å². The van der Waals surface area contributed by atoms with Crippen molar-refractivity contribution in [2.75, 3.05) is 13.1 Å². The molecule has 2 rings (SSSR count). The molecule has 1 fully saturated rings. The summed E-state index contributed by atoms with van der Waals surface area (Å²) in [7, 11) is 0. The van der Waals surface area contributed by atoms with Gasteiger partial charge in [-0.05, 0) is 6.07 Å². The standard InChI is InChI=1S/C11H11ClN2O3/c12-9-1-2-13-4-8(9)11(17)14-5-7(6-14)3-10(15)16/h1-2,4,7H,3,5-6H2,(H,15,16). The minimum absolute atomic E-state index is 0.0481. The van der Waals surface area contributed by atoms with Crippen LogP contribution in [0.2, 0.25) is 5.02 Å². The Bertz CT molecular complexity index is 458. The van der Waals surface area contributed by atoms with E-state index in [1.54, 1.807) is 11.0 Å². The summed E-state index contributed by atoms with van der Waals surface area (Å²) in [6, 6.07) is 1.56. The van der Waals surface area contributed by atoms with E-state index >= 15 is 0 Å². The van der Waals surface area contributed by atoms with E-state index in [-0.39, 0.29) is 18.2 Å². The van der Waals surface area contributed by atoms with E-state index < -0.39 is 5.97 Å². The first kappa shape index (κ1) is 11.9. The average Bonchev–Trinajstić information content (AvgIpc) is 2.22. The molecule has 6 heteroatoms. The Labute approximate surface area is 103 Å². The number of carbonyl (C=O) groups is 2. The number of pyridine rings is 1. The number of hydrogen-bond acceptors (Lipinski definition) is 3. The molecule has 1 aliphatic heterocycles. The van der Waals surface area contributed by atoms with E-state index in [4.69, 9.17) is 16.7 Å². The van der Waals surface area contributed by atoms with Crippen molar-refractivity contribution in [3.05, 3.63) is 29.0 Å². The molecule has 0 bridgehead atoms. The summed E-state index contributed by atoms with van der Waals surface area (Å²) in [5.74, 6) is -0.974. The largest absolute Gasteiger partial charge is 0.481 e. The Kier molecular flexibility index (Phi) is 3.28. The van der Waals surface area contributed by atoms with Gasteiger partial charge in [0.2, 0.25) is 0 Å². The van der Waals surface area contributed by atoms with E-state index in [0.717, 1.165) is 0 Å². The lowest BCUT2D eigenvalue weighted by molar-refractivity contribution is -0.139. The molecule has 0 unspecified atom stereocenters. The molecule has 0 aliphatic carbocycles. The van der Waals surface area contributed by atoms with Gasteiger partial charge in [-0.25, -0.2) is 0 Å². The molecule has 1 saturated heterocycles. The molecule has 0 aromatic carbocycles. The minimum Gasteiger partial charge on any atom is -0.481 e. The predicted molar refractivity (Wildman–Crippen MR) is 60.9 cm³/mol. The lowest BCUT2D eigenvalue weighted by Gasteiger charge is -2.38. The van der Waals surface area contributed by atoms with Crippen LogP contribution in [-0.2, 0) is 4.79 Å². The van der Waals surface area contributed by atoms with E-state index in [9.17, 15) is 9.59 Å². The summed E-state index contributed by atoms with van der Waals surface area (Å²) in [6.45, 7) is 0.937. The summed E-state index contributed by atoms with van der Waals surface area (Å²) in [4.78, 5) is 27.8. The topological polar surface area (TPSA) is 70.5 Å². The Balaban J connectivity index is 1.96. The molecule has 17 heavy (non-hydrogen) atoms. The fourth-order valence-corrected chi connectivity index (χ4v) is 2.00. The Morgan fingerprint density at radius 1 is 1.53 bits per heavy atom. The van der Waals surface area contributed by atoms with Crippen LogP contribution in [0.4, 0.5) is 0 Å². The molecule has 1 aromatic heterocycles. The number of nitrogens with zero attached hydrogens (tertiary/aromatic N) is 2. The zero-order valence-electron chi connectivity index (χ0n) is 8.97. The highest BCUT2D eigenvalue weighted by molar-refractivity contribution is 6.33. The molecule has 5 nitrogen and oxygen atoms in total. The van der Waals surface area contributed by atoms with E-state index in [2.05, 4.69) is 4.98 Å². The first-order chi connectivity index (χ1) is 8.08. The third-order valence-corrected chi connectivity index (χ3v) is 3.04. The Hall–Kier alpha value is -1.62. The van der Waals surface area contributed by atoms with E-state index in [0.29, 0.717) is 23.7 Å². The van der Waals surface area contributed by atoms with Crippen LogP contribution in [0, 0.1) is 5.92 Å². The van der Waals surface area contributed by atoms with Gasteiger partial charge in [-0.15, -0.1) is 0 Å². The zero-order valence-corrected chi connectivity index (χ0v) is 9.72. The van der Waals surface area contributed by atoms with Gasteiger partial charge in [-0.3, -0.25) is 14.6 Å². The molecular formula is C11H11ClN2O3. The normalized spacial score (nSPS) is 15.5. The number of rotatable bonds is 3. The molecular weight excluding hydrogens is 244 g/mol. The van der Waals surface area contributed by atoms with Crippen molar-refractivity contribution in [2.24, 2.45) is 5.92 Å². The summed E-state index contributed by atoms with van der Waals surface area (Å²) in [6.07, 6.45) is 3.04. The van der Waals surface area contributed by atoms with Crippen LogP contribution in [0.25, 0.3) is 0 Å². The number of carboxylic acids is 1. The van der Waals surface area contributed by atoms with Crippen molar-refractivity contribution in [3.63, 3.8) is 0 Å². The summed E-state index contributed by atoms with van der Waals surface area (Å²) >= 11 is 5.88. The first-order valence-corrected chi connectivity index (χ1v) is 5.56. The predicted octanol–water partition coefficient (Wildman–Crippen LogP) is 1.28. The van der Waals surface area contributed by atoms with Crippen molar-refractivity contribution < 1.29 is 14.7 Å². The highest BCUT2D eigenvalue weighted by Crippen LogP contribution is 2.23. The SMILES string of the molecule is O=C(O)CC1CN(C(=O)c2cnccc2Cl)C1. The molecule has 0 atom stereocenters. The van der Waals surface area contributed by atoms with Crippen molar-refractivity contribution in [1.29, 1.82) is 0 Å². The van der Waals surface area contributed by atoms with Gasteiger partial charge in [-0.2, -0.15) is 0 Å². The van der Waals surface area contributed by atoms with Gasteiger partial charge < -0.3 is 10.0 Å². The van der Waals surface area contributed by atoms with Crippen LogP contribution in [0.1, 0.15) is 16.8 Å². The van der Waals surface area contributed by atoms with Gasteiger partial charge >= 0.3 is 5.97 Å². The highest BCUT2D eigenvalue weighted by atomic mass is 35.5. The zero-order chi connectivity index (χ0) is 12.4. The van der Waals surface area contributed by atoms with Crippen molar-refractivity contribution in [2.45, 2.75) is 6.42 Å². The highest BCUT2D eigenvalue weighted by Gasteiger charge is 2.33. The Morgan fingerprint density at radius 3 is 2.82 bits per heavy atom. The molecule has 2 heterocycles. The maximum atomic E-state index is 11.9. The first-order valence-electron chi connectivity index (χ1n) is 5.18. The summed E-state index contributed by atoms with van der Waals surface area (Å²) < 4.78 is 0. The molecule has 0 spiro atoms. The van der Waals surface area contributed by atoms with Gasteiger partial charge in [0.15, 0.2) is 0 Å².